The van der Waals surface area contributed by atoms with Crippen LogP contribution in [0.2, 0.25) is 0 Å². The molecule has 2 aliphatic rings. The van der Waals surface area contributed by atoms with Crippen LogP contribution >= 0.6 is 0 Å². The highest BCUT2D eigenvalue weighted by molar-refractivity contribution is 5.89. The number of H-pyrrole nitrogens is 2. The fourth-order valence-corrected chi connectivity index (χ4v) is 7.12. The van der Waals surface area contributed by atoms with Crippen LogP contribution in [0, 0.1) is 11.8 Å². The second-order valence-electron chi connectivity index (χ2n) is 13.8. The lowest BCUT2D eigenvalue weighted by atomic mass is 10.0. The van der Waals surface area contributed by atoms with Gasteiger partial charge in [0.15, 0.2) is 0 Å². The molecule has 6 rings (SSSR count). The molecule has 4 amide bonds. The SMILES string of the molecule is COC(=O)N[C@H](C(=O)N1CCC[C@@H]1c1nc2ccc(-c3ccc4nc([C@@H]5CCCN5C(=O)[C@@H](NC(=O)OC)C(C)C)[nH]c4c3)cc2[nH]1)C(C)C. The second kappa shape index (κ2) is 14.4. The van der Waals surface area contributed by atoms with Crippen molar-refractivity contribution in [2.45, 2.75) is 77.5 Å². The predicted octanol–water partition coefficient (Wildman–Crippen LogP) is 5.19. The van der Waals surface area contributed by atoms with Gasteiger partial charge in [-0.3, -0.25) is 9.59 Å². The van der Waals surface area contributed by atoms with Crippen molar-refractivity contribution in [3.05, 3.63) is 48.0 Å². The first-order chi connectivity index (χ1) is 24.0. The van der Waals surface area contributed by atoms with Crippen molar-refractivity contribution >= 4 is 46.1 Å². The van der Waals surface area contributed by atoms with E-state index in [1.165, 1.54) is 14.2 Å². The first kappa shape index (κ1) is 34.7. The number of benzene rings is 2. The molecular formula is C36H46N8O6. The van der Waals surface area contributed by atoms with Crippen molar-refractivity contribution in [1.29, 1.82) is 0 Å². The van der Waals surface area contributed by atoms with E-state index in [2.05, 4.69) is 32.7 Å². The van der Waals surface area contributed by atoms with Crippen LogP contribution < -0.4 is 10.6 Å². The Labute approximate surface area is 290 Å². The maximum Gasteiger partial charge on any atom is 0.407 e. The third kappa shape index (κ3) is 6.83. The average molecular weight is 687 g/mol. The van der Waals surface area contributed by atoms with Crippen molar-refractivity contribution in [3.8, 4) is 11.1 Å². The summed E-state index contributed by atoms with van der Waals surface area (Å²) < 4.78 is 9.52. The molecule has 0 unspecified atom stereocenters. The van der Waals surface area contributed by atoms with E-state index in [1.807, 2.05) is 52.0 Å². The fraction of sp³-hybridized carbons (Fsp3) is 0.500. The van der Waals surface area contributed by atoms with Crippen LogP contribution in [-0.4, -0.2) is 93.1 Å². The third-order valence-electron chi connectivity index (χ3n) is 9.82. The van der Waals surface area contributed by atoms with Gasteiger partial charge in [-0.2, -0.15) is 0 Å². The van der Waals surface area contributed by atoms with Gasteiger partial charge in [-0.25, -0.2) is 19.6 Å². The van der Waals surface area contributed by atoms with E-state index in [0.29, 0.717) is 13.1 Å². The summed E-state index contributed by atoms with van der Waals surface area (Å²) in [7, 11) is 2.57. The number of likely N-dealkylation sites (tertiary alicyclic amines) is 2. The number of ether oxygens (including phenoxy) is 2. The Bertz CT molecular complexity index is 1760. The number of nitrogens with one attached hydrogen (secondary N) is 4. The number of carbonyl (C=O) groups is 4. The number of aromatic amines is 2. The Kier molecular flexibility index (Phi) is 9.98. The first-order valence-electron chi connectivity index (χ1n) is 17.3. The third-order valence-corrected chi connectivity index (χ3v) is 9.82. The molecule has 2 aliphatic heterocycles. The highest BCUT2D eigenvalue weighted by Crippen LogP contribution is 2.35. The zero-order valence-electron chi connectivity index (χ0n) is 29.4. The van der Waals surface area contributed by atoms with Gasteiger partial charge in [-0.05, 0) is 72.9 Å². The summed E-state index contributed by atoms with van der Waals surface area (Å²) in [6, 6.07) is 10.2. The summed E-state index contributed by atoms with van der Waals surface area (Å²) in [6.45, 7) is 8.75. The van der Waals surface area contributed by atoms with E-state index in [1.54, 1.807) is 9.80 Å². The molecule has 2 aromatic heterocycles. The highest BCUT2D eigenvalue weighted by Gasteiger charge is 2.39. The fourth-order valence-electron chi connectivity index (χ4n) is 7.12. The molecule has 4 N–H and O–H groups in total. The van der Waals surface area contributed by atoms with Crippen LogP contribution in [0.4, 0.5) is 9.59 Å². The molecule has 4 heterocycles. The molecule has 0 spiro atoms. The summed E-state index contributed by atoms with van der Waals surface area (Å²) in [5, 5.41) is 5.39. The van der Waals surface area contributed by atoms with Crippen LogP contribution in [0.15, 0.2) is 36.4 Å². The molecule has 0 radical (unpaired) electrons. The van der Waals surface area contributed by atoms with Crippen LogP contribution in [0.5, 0.6) is 0 Å². The molecular weight excluding hydrogens is 640 g/mol. The molecule has 50 heavy (non-hydrogen) atoms. The number of carbonyl (C=O) groups excluding carboxylic acids is 4. The van der Waals surface area contributed by atoms with Gasteiger partial charge >= 0.3 is 12.2 Å². The number of imidazole rings is 2. The van der Waals surface area contributed by atoms with Gasteiger partial charge in [0.25, 0.3) is 0 Å². The Morgan fingerprint density at radius 3 is 1.46 bits per heavy atom. The van der Waals surface area contributed by atoms with E-state index >= 15 is 0 Å². The van der Waals surface area contributed by atoms with Gasteiger partial charge < -0.3 is 39.9 Å². The standard InChI is InChI=1S/C36H46N8O6/c1-19(2)29(41-35(47)49-5)33(45)43-15-7-9-27(43)31-37-23-13-11-21(17-25(23)39-31)22-12-14-24-26(18-22)40-32(38-24)28-10-8-16-44(28)34(46)30(20(3)4)42-36(48)50-6/h11-14,17-20,27-30H,7-10,15-16H2,1-6H3,(H,37,39)(H,38,40)(H,41,47)(H,42,48)/t27-,28+,29-,30-/m0/s1. The average Bonchev–Trinajstić information content (AvgIpc) is 3.92. The van der Waals surface area contributed by atoms with E-state index in [0.717, 1.165) is 70.5 Å². The Morgan fingerprint density at radius 1 is 0.700 bits per heavy atom. The largest absolute Gasteiger partial charge is 0.453 e. The van der Waals surface area contributed by atoms with E-state index < -0.39 is 24.3 Å². The topological polar surface area (TPSA) is 175 Å². The van der Waals surface area contributed by atoms with Crippen LogP contribution in [0.1, 0.15) is 77.1 Å². The number of nitrogens with zero attached hydrogens (tertiary/aromatic N) is 4. The predicted molar refractivity (Wildman–Crippen MR) is 187 cm³/mol. The van der Waals surface area contributed by atoms with E-state index in [-0.39, 0.29) is 35.7 Å². The number of alkyl carbamates (subject to hydrolysis) is 2. The van der Waals surface area contributed by atoms with Gasteiger partial charge in [-0.15, -0.1) is 0 Å². The molecule has 0 saturated carbocycles. The number of rotatable bonds is 9. The van der Waals surface area contributed by atoms with Gasteiger partial charge in [0, 0.05) is 13.1 Å². The monoisotopic (exact) mass is 686 g/mol. The summed E-state index contributed by atoms with van der Waals surface area (Å²) in [5.41, 5.74) is 5.28. The summed E-state index contributed by atoms with van der Waals surface area (Å²) in [6.07, 6.45) is 1.95. The van der Waals surface area contributed by atoms with Crippen LogP contribution in [0.25, 0.3) is 33.2 Å². The van der Waals surface area contributed by atoms with Crippen molar-refractivity contribution in [2.24, 2.45) is 11.8 Å². The zero-order chi connectivity index (χ0) is 35.7. The molecule has 2 aromatic carbocycles. The quantitative estimate of drug-likeness (QED) is 0.186. The second-order valence-corrected chi connectivity index (χ2v) is 13.8. The Hall–Kier alpha value is -5.14. The number of hydrogen-bond acceptors (Lipinski definition) is 8. The molecule has 2 fully saturated rings. The summed E-state index contributed by atoms with van der Waals surface area (Å²) >= 11 is 0. The van der Waals surface area contributed by atoms with Crippen LogP contribution in [-0.2, 0) is 19.1 Å². The number of fused-ring (bicyclic) bond motifs is 2. The Morgan fingerprint density at radius 2 is 1.10 bits per heavy atom. The molecule has 4 aromatic rings. The normalized spacial score (nSPS) is 19.0. The lowest BCUT2D eigenvalue weighted by molar-refractivity contribution is -0.136. The molecule has 266 valence electrons. The van der Waals surface area contributed by atoms with Gasteiger partial charge in [0.2, 0.25) is 11.8 Å². The Balaban J connectivity index is 1.22. The zero-order valence-corrected chi connectivity index (χ0v) is 29.4. The lowest BCUT2D eigenvalue weighted by Gasteiger charge is -2.29. The van der Waals surface area contributed by atoms with Gasteiger partial charge in [0.1, 0.15) is 23.7 Å². The van der Waals surface area contributed by atoms with Crippen molar-refractivity contribution in [1.82, 2.24) is 40.4 Å². The maximum absolute atomic E-state index is 13.6. The van der Waals surface area contributed by atoms with Crippen molar-refractivity contribution in [3.63, 3.8) is 0 Å². The molecule has 0 aliphatic carbocycles. The molecule has 0 bridgehead atoms. The smallest absolute Gasteiger partial charge is 0.407 e. The molecule has 14 nitrogen and oxygen atoms in total. The molecule has 14 heteroatoms. The minimum Gasteiger partial charge on any atom is -0.453 e. The summed E-state index contributed by atoms with van der Waals surface area (Å²) in [4.78, 5) is 71.4. The minimum atomic E-state index is -0.699. The number of hydrogen-bond donors (Lipinski definition) is 4. The number of amides is 4. The molecule has 4 atom stereocenters. The van der Waals surface area contributed by atoms with Crippen molar-refractivity contribution in [2.75, 3.05) is 27.3 Å². The van der Waals surface area contributed by atoms with E-state index in [4.69, 9.17) is 19.4 Å². The van der Waals surface area contributed by atoms with Crippen molar-refractivity contribution < 1.29 is 28.7 Å². The minimum absolute atomic E-state index is 0.114. The van der Waals surface area contributed by atoms with E-state index in [9.17, 15) is 19.2 Å². The molecule has 2 saturated heterocycles. The van der Waals surface area contributed by atoms with Gasteiger partial charge in [0.05, 0.1) is 48.4 Å². The maximum atomic E-state index is 13.6. The van der Waals surface area contributed by atoms with Gasteiger partial charge in [-0.1, -0.05) is 39.8 Å². The number of aromatic nitrogens is 4. The lowest BCUT2D eigenvalue weighted by Crippen LogP contribution is -2.51. The van der Waals surface area contributed by atoms with Crippen LogP contribution in [0.3, 0.4) is 0 Å². The summed E-state index contributed by atoms with van der Waals surface area (Å²) in [5.74, 6) is 0.907. The number of methoxy groups -OCH3 is 2. The first-order valence-corrected chi connectivity index (χ1v) is 17.3. The highest BCUT2D eigenvalue weighted by atomic mass is 16.5.